The standard InChI is InChI=1S/C23H27N3O3S/c1-14-5-6-19-15(9-14)12-20(30-19)23(27)25-21(22-24-7-8-26(22)2)16-10-17(28-3)13-18(11-16)29-4/h7-8,10-14,21H,5-6,9H2,1-4H3,(H,25,27). The molecule has 4 rings (SSSR count). The van der Waals surface area contributed by atoms with Crippen molar-refractivity contribution in [2.75, 3.05) is 14.2 Å². The van der Waals surface area contributed by atoms with E-state index in [9.17, 15) is 4.79 Å². The van der Waals surface area contributed by atoms with Crippen molar-refractivity contribution in [3.05, 3.63) is 63.4 Å². The van der Waals surface area contributed by atoms with E-state index in [1.807, 2.05) is 36.0 Å². The highest BCUT2D eigenvalue weighted by Gasteiger charge is 2.26. The molecule has 7 heteroatoms. The number of aryl methyl sites for hydroxylation is 2. The Morgan fingerprint density at radius 1 is 1.23 bits per heavy atom. The fourth-order valence-corrected chi connectivity index (χ4v) is 5.08. The topological polar surface area (TPSA) is 65.4 Å². The van der Waals surface area contributed by atoms with Crippen molar-refractivity contribution in [1.29, 1.82) is 0 Å². The van der Waals surface area contributed by atoms with Gasteiger partial charge in [0.25, 0.3) is 5.91 Å². The number of nitrogens with zero attached hydrogens (tertiary/aromatic N) is 2. The third kappa shape index (κ3) is 4.07. The Bertz CT molecular complexity index is 1030. The van der Waals surface area contributed by atoms with Crippen molar-refractivity contribution in [2.24, 2.45) is 13.0 Å². The lowest BCUT2D eigenvalue weighted by molar-refractivity contribution is 0.0945. The first kappa shape index (κ1) is 20.5. The van der Waals surface area contributed by atoms with Crippen LogP contribution < -0.4 is 14.8 Å². The molecule has 30 heavy (non-hydrogen) atoms. The minimum absolute atomic E-state index is 0.0863. The molecule has 0 radical (unpaired) electrons. The van der Waals surface area contributed by atoms with Gasteiger partial charge in [0.2, 0.25) is 0 Å². The number of benzene rings is 1. The van der Waals surface area contributed by atoms with Gasteiger partial charge >= 0.3 is 0 Å². The highest BCUT2D eigenvalue weighted by Crippen LogP contribution is 2.33. The molecule has 0 saturated heterocycles. The van der Waals surface area contributed by atoms with Crippen molar-refractivity contribution < 1.29 is 14.3 Å². The molecule has 2 heterocycles. The first-order valence-corrected chi connectivity index (χ1v) is 10.9. The van der Waals surface area contributed by atoms with E-state index in [0.29, 0.717) is 17.4 Å². The molecule has 0 bridgehead atoms. The molecular weight excluding hydrogens is 398 g/mol. The number of carbonyl (C=O) groups excluding carboxylic acids is 1. The van der Waals surface area contributed by atoms with Gasteiger partial charge in [-0.1, -0.05) is 6.92 Å². The lowest BCUT2D eigenvalue weighted by Crippen LogP contribution is -2.30. The van der Waals surface area contributed by atoms with E-state index in [-0.39, 0.29) is 5.91 Å². The Balaban J connectivity index is 1.68. The maximum atomic E-state index is 13.2. The van der Waals surface area contributed by atoms with Crippen LogP contribution in [0.1, 0.15) is 50.9 Å². The average Bonchev–Trinajstić information content (AvgIpc) is 3.37. The van der Waals surface area contributed by atoms with Crippen molar-refractivity contribution in [3.63, 3.8) is 0 Å². The summed E-state index contributed by atoms with van der Waals surface area (Å²) in [6.45, 7) is 2.27. The Kier molecular flexibility index (Phi) is 5.81. The van der Waals surface area contributed by atoms with Crippen LogP contribution >= 0.6 is 11.3 Å². The van der Waals surface area contributed by atoms with E-state index in [0.717, 1.165) is 29.1 Å². The number of thiophene rings is 1. The molecule has 1 aliphatic carbocycles. The van der Waals surface area contributed by atoms with E-state index in [2.05, 4.69) is 23.3 Å². The normalized spacial score (nSPS) is 16.6. The van der Waals surface area contributed by atoms with E-state index in [4.69, 9.17) is 9.47 Å². The molecule has 0 saturated carbocycles. The zero-order chi connectivity index (χ0) is 21.3. The van der Waals surface area contributed by atoms with Gasteiger partial charge in [0, 0.05) is 30.4 Å². The van der Waals surface area contributed by atoms with Crippen LogP contribution in [0, 0.1) is 5.92 Å². The second-order valence-electron chi connectivity index (χ2n) is 7.86. The predicted octanol–water partition coefficient (Wildman–Crippen LogP) is 4.14. The number of carbonyl (C=O) groups is 1. The summed E-state index contributed by atoms with van der Waals surface area (Å²) in [6.07, 6.45) is 6.90. The zero-order valence-corrected chi connectivity index (χ0v) is 18.6. The molecule has 0 aliphatic heterocycles. The van der Waals surface area contributed by atoms with Crippen molar-refractivity contribution in [3.8, 4) is 11.5 Å². The first-order valence-electron chi connectivity index (χ1n) is 10.1. The van der Waals surface area contributed by atoms with Crippen LogP contribution in [-0.2, 0) is 19.9 Å². The maximum Gasteiger partial charge on any atom is 0.262 e. The van der Waals surface area contributed by atoms with E-state index in [1.54, 1.807) is 31.8 Å². The number of ether oxygens (including phenoxy) is 2. The Morgan fingerprint density at radius 3 is 2.60 bits per heavy atom. The number of hydrogen-bond acceptors (Lipinski definition) is 5. The van der Waals surface area contributed by atoms with Crippen LogP contribution in [0.25, 0.3) is 0 Å². The van der Waals surface area contributed by atoms with E-state index >= 15 is 0 Å². The molecule has 6 nitrogen and oxygen atoms in total. The van der Waals surface area contributed by atoms with Crippen molar-refractivity contribution in [2.45, 2.75) is 32.2 Å². The van der Waals surface area contributed by atoms with Gasteiger partial charge in [-0.15, -0.1) is 11.3 Å². The Labute approximate surface area is 180 Å². The third-order valence-corrected chi connectivity index (χ3v) is 6.89. The number of methoxy groups -OCH3 is 2. The molecule has 158 valence electrons. The smallest absolute Gasteiger partial charge is 0.262 e. The first-order chi connectivity index (χ1) is 14.5. The van der Waals surface area contributed by atoms with Crippen LogP contribution in [-0.4, -0.2) is 29.7 Å². The molecule has 3 aromatic rings. The highest BCUT2D eigenvalue weighted by molar-refractivity contribution is 7.14. The molecule has 0 fully saturated rings. The molecule has 1 N–H and O–H groups in total. The van der Waals surface area contributed by atoms with Crippen LogP contribution in [0.4, 0.5) is 0 Å². The Morgan fingerprint density at radius 2 is 1.97 bits per heavy atom. The molecule has 2 aromatic heterocycles. The lowest BCUT2D eigenvalue weighted by atomic mass is 9.90. The molecule has 1 amide bonds. The molecule has 0 spiro atoms. The SMILES string of the molecule is COc1cc(OC)cc(C(NC(=O)c2cc3c(s2)CCC(C)C3)c2nccn2C)c1. The van der Waals surface area contributed by atoms with Gasteiger partial charge in [-0.3, -0.25) is 4.79 Å². The van der Waals surface area contributed by atoms with Crippen LogP contribution in [0.3, 0.4) is 0 Å². The van der Waals surface area contributed by atoms with Crippen molar-refractivity contribution >= 4 is 17.2 Å². The average molecular weight is 426 g/mol. The van der Waals surface area contributed by atoms with E-state index in [1.165, 1.54) is 16.9 Å². The number of nitrogens with one attached hydrogen (secondary N) is 1. The maximum absolute atomic E-state index is 13.2. The second kappa shape index (κ2) is 8.52. The molecule has 2 unspecified atom stereocenters. The number of rotatable bonds is 6. The Hall–Kier alpha value is -2.80. The zero-order valence-electron chi connectivity index (χ0n) is 17.8. The summed E-state index contributed by atoms with van der Waals surface area (Å²) in [5, 5.41) is 3.19. The summed E-state index contributed by atoms with van der Waals surface area (Å²) < 4.78 is 12.8. The molecule has 1 aromatic carbocycles. The number of amides is 1. The summed E-state index contributed by atoms with van der Waals surface area (Å²) in [7, 11) is 5.15. The highest BCUT2D eigenvalue weighted by atomic mass is 32.1. The minimum Gasteiger partial charge on any atom is -0.497 e. The van der Waals surface area contributed by atoms with Gasteiger partial charge in [-0.25, -0.2) is 4.98 Å². The fourth-order valence-electron chi connectivity index (χ4n) is 3.97. The van der Waals surface area contributed by atoms with Gasteiger partial charge in [-0.2, -0.15) is 0 Å². The summed E-state index contributed by atoms with van der Waals surface area (Å²) >= 11 is 1.61. The number of hydrogen-bond donors (Lipinski definition) is 1. The van der Waals surface area contributed by atoms with Gasteiger partial charge in [-0.05, 0) is 54.5 Å². The van der Waals surface area contributed by atoms with Gasteiger partial charge in [0.1, 0.15) is 23.4 Å². The van der Waals surface area contributed by atoms with Crippen LogP contribution in [0.15, 0.2) is 36.7 Å². The summed E-state index contributed by atoms with van der Waals surface area (Å²) in [4.78, 5) is 19.8. The number of fused-ring (bicyclic) bond motifs is 1. The number of imidazole rings is 1. The summed E-state index contributed by atoms with van der Waals surface area (Å²) in [6, 6.07) is 7.26. The molecule has 1 aliphatic rings. The summed E-state index contributed by atoms with van der Waals surface area (Å²) in [5.41, 5.74) is 2.17. The fraction of sp³-hybridized carbons (Fsp3) is 0.391. The van der Waals surface area contributed by atoms with Crippen LogP contribution in [0.2, 0.25) is 0 Å². The quantitative estimate of drug-likeness (QED) is 0.645. The van der Waals surface area contributed by atoms with Gasteiger partial charge in [0.15, 0.2) is 0 Å². The summed E-state index contributed by atoms with van der Waals surface area (Å²) in [5.74, 6) is 2.66. The van der Waals surface area contributed by atoms with Crippen molar-refractivity contribution in [1.82, 2.24) is 14.9 Å². The second-order valence-corrected chi connectivity index (χ2v) is 8.99. The monoisotopic (exact) mass is 425 g/mol. The largest absolute Gasteiger partial charge is 0.497 e. The predicted molar refractivity (Wildman–Crippen MR) is 118 cm³/mol. The van der Waals surface area contributed by atoms with Gasteiger partial charge < -0.3 is 19.4 Å². The minimum atomic E-state index is -0.431. The van der Waals surface area contributed by atoms with Crippen LogP contribution in [0.5, 0.6) is 11.5 Å². The van der Waals surface area contributed by atoms with Gasteiger partial charge in [0.05, 0.1) is 19.1 Å². The molecule has 2 atom stereocenters. The lowest BCUT2D eigenvalue weighted by Gasteiger charge is -2.20. The number of aromatic nitrogens is 2. The molecular formula is C23H27N3O3S. The third-order valence-electron chi connectivity index (χ3n) is 5.65. The van der Waals surface area contributed by atoms with E-state index < -0.39 is 6.04 Å².